The van der Waals surface area contributed by atoms with Crippen molar-refractivity contribution >= 4 is 28.8 Å². The largest absolute Gasteiger partial charge is 0.381 e. The quantitative estimate of drug-likeness (QED) is 0.877. The molecule has 2 amide bonds. The van der Waals surface area contributed by atoms with E-state index in [9.17, 15) is 14.0 Å². The van der Waals surface area contributed by atoms with E-state index in [0.29, 0.717) is 36.9 Å². The molecule has 4 rings (SSSR count). The van der Waals surface area contributed by atoms with E-state index in [4.69, 9.17) is 4.74 Å². The number of hydrogen-bond acceptors (Lipinski definition) is 4. The van der Waals surface area contributed by atoms with Crippen LogP contribution in [-0.4, -0.2) is 43.0 Å². The Morgan fingerprint density at radius 3 is 2.74 bits per heavy atom. The van der Waals surface area contributed by atoms with E-state index in [-0.39, 0.29) is 23.1 Å². The zero-order valence-corrected chi connectivity index (χ0v) is 15.6. The zero-order chi connectivity index (χ0) is 18.9. The lowest BCUT2D eigenvalue weighted by molar-refractivity contribution is -0.124. The summed E-state index contributed by atoms with van der Waals surface area (Å²) in [7, 11) is 0. The van der Waals surface area contributed by atoms with Crippen LogP contribution in [0.25, 0.3) is 0 Å². The predicted molar refractivity (Wildman–Crippen MR) is 101 cm³/mol. The normalized spacial score (nSPS) is 21.4. The van der Waals surface area contributed by atoms with Crippen molar-refractivity contribution in [3.05, 3.63) is 52.5 Å². The summed E-state index contributed by atoms with van der Waals surface area (Å²) in [6.07, 6.45) is 1.48. The molecule has 1 aromatic carbocycles. The number of anilines is 1. The molecule has 0 bridgehead atoms. The number of carbonyl (C=O) groups is 2. The van der Waals surface area contributed by atoms with Crippen LogP contribution in [0.4, 0.5) is 10.1 Å². The van der Waals surface area contributed by atoms with Crippen molar-refractivity contribution in [2.75, 3.05) is 31.6 Å². The van der Waals surface area contributed by atoms with Crippen LogP contribution in [0.3, 0.4) is 0 Å². The van der Waals surface area contributed by atoms with Crippen LogP contribution in [-0.2, 0) is 9.53 Å². The Morgan fingerprint density at radius 2 is 2.04 bits per heavy atom. The molecule has 1 aromatic heterocycles. The monoisotopic (exact) mass is 388 g/mol. The van der Waals surface area contributed by atoms with E-state index in [2.05, 4.69) is 5.32 Å². The highest BCUT2D eigenvalue weighted by atomic mass is 32.1. The number of nitrogens with one attached hydrogen (secondary N) is 1. The molecule has 27 heavy (non-hydrogen) atoms. The first kappa shape index (κ1) is 18.1. The molecule has 0 saturated carbocycles. The van der Waals surface area contributed by atoms with Crippen molar-refractivity contribution in [1.29, 1.82) is 0 Å². The average Bonchev–Trinajstić information content (AvgIpc) is 3.31. The number of halogens is 1. The molecule has 1 atom stereocenters. The second kappa shape index (κ2) is 7.40. The first-order valence-electron chi connectivity index (χ1n) is 9.04. The molecule has 0 unspecified atom stereocenters. The number of rotatable bonds is 3. The molecule has 7 heteroatoms. The standard InChI is InChI=1S/C20H21FN2O3S/c21-14-3-1-4-15(11-14)22-18(24)16-12-23(19(25)17-5-2-10-27-17)13-20(16)6-8-26-9-7-20/h1-5,10-11,16H,6-9,12-13H2,(H,22,24)/t16-/m0/s1. The van der Waals surface area contributed by atoms with Gasteiger partial charge in [-0.25, -0.2) is 4.39 Å². The fourth-order valence-electron chi connectivity index (χ4n) is 4.12. The summed E-state index contributed by atoms with van der Waals surface area (Å²) >= 11 is 1.41. The number of nitrogens with zero attached hydrogens (tertiary/aromatic N) is 1. The summed E-state index contributed by atoms with van der Waals surface area (Å²) in [5, 5.41) is 4.71. The van der Waals surface area contributed by atoms with Gasteiger partial charge in [0.25, 0.3) is 5.91 Å². The second-order valence-electron chi connectivity index (χ2n) is 7.19. The van der Waals surface area contributed by atoms with Crippen molar-refractivity contribution < 1.29 is 18.7 Å². The van der Waals surface area contributed by atoms with Gasteiger partial charge in [-0.2, -0.15) is 0 Å². The van der Waals surface area contributed by atoms with E-state index in [1.807, 2.05) is 17.5 Å². The van der Waals surface area contributed by atoms with Crippen LogP contribution < -0.4 is 5.32 Å². The molecular formula is C20H21FN2O3S. The summed E-state index contributed by atoms with van der Waals surface area (Å²) in [5.41, 5.74) is 0.146. The molecule has 0 aliphatic carbocycles. The maximum Gasteiger partial charge on any atom is 0.263 e. The average molecular weight is 388 g/mol. The lowest BCUT2D eigenvalue weighted by atomic mass is 9.71. The molecule has 0 radical (unpaired) electrons. The summed E-state index contributed by atoms with van der Waals surface area (Å²) < 4.78 is 19.0. The third-order valence-electron chi connectivity index (χ3n) is 5.56. The van der Waals surface area contributed by atoms with Gasteiger partial charge in [0.05, 0.1) is 10.8 Å². The first-order chi connectivity index (χ1) is 13.1. The highest BCUT2D eigenvalue weighted by Gasteiger charge is 2.51. The highest BCUT2D eigenvalue weighted by Crippen LogP contribution is 2.45. The number of benzene rings is 1. The van der Waals surface area contributed by atoms with Gasteiger partial charge in [0.2, 0.25) is 5.91 Å². The molecule has 142 valence electrons. The molecule has 2 aliphatic heterocycles. The number of likely N-dealkylation sites (tertiary alicyclic amines) is 1. The van der Waals surface area contributed by atoms with Crippen molar-refractivity contribution in [2.45, 2.75) is 12.8 Å². The number of thiophene rings is 1. The second-order valence-corrected chi connectivity index (χ2v) is 8.14. The maximum absolute atomic E-state index is 13.4. The molecular weight excluding hydrogens is 367 g/mol. The summed E-state index contributed by atoms with van der Waals surface area (Å²) in [4.78, 5) is 28.3. The summed E-state index contributed by atoms with van der Waals surface area (Å²) in [6.45, 7) is 2.10. The molecule has 2 aromatic rings. The summed E-state index contributed by atoms with van der Waals surface area (Å²) in [5.74, 6) is -0.927. The van der Waals surface area contributed by atoms with Gasteiger partial charge in [0.1, 0.15) is 5.82 Å². The van der Waals surface area contributed by atoms with Crippen molar-refractivity contribution in [1.82, 2.24) is 4.90 Å². The molecule has 3 heterocycles. The molecule has 5 nitrogen and oxygen atoms in total. The Labute approximate surface area is 161 Å². The Balaban J connectivity index is 1.56. The van der Waals surface area contributed by atoms with E-state index < -0.39 is 5.82 Å². The third-order valence-corrected chi connectivity index (χ3v) is 6.42. The van der Waals surface area contributed by atoms with Gasteiger partial charge in [-0.3, -0.25) is 9.59 Å². The van der Waals surface area contributed by atoms with E-state index in [1.54, 1.807) is 17.0 Å². The van der Waals surface area contributed by atoms with Gasteiger partial charge in [-0.1, -0.05) is 12.1 Å². The lowest BCUT2D eigenvalue weighted by Crippen LogP contribution is -2.42. The lowest BCUT2D eigenvalue weighted by Gasteiger charge is -2.37. The summed E-state index contributed by atoms with van der Waals surface area (Å²) in [6, 6.07) is 9.54. The molecule has 2 saturated heterocycles. The number of hydrogen-bond donors (Lipinski definition) is 1. The van der Waals surface area contributed by atoms with Crippen LogP contribution in [0.5, 0.6) is 0 Å². The minimum absolute atomic E-state index is 0.0306. The van der Waals surface area contributed by atoms with Crippen LogP contribution in [0.1, 0.15) is 22.5 Å². The number of ether oxygens (including phenoxy) is 1. The molecule has 1 N–H and O–H groups in total. The fourth-order valence-corrected chi connectivity index (χ4v) is 4.81. The predicted octanol–water partition coefficient (Wildman–Crippen LogP) is 3.39. The Kier molecular flexibility index (Phi) is 4.97. The van der Waals surface area contributed by atoms with Gasteiger partial charge in [-0.05, 0) is 42.5 Å². The van der Waals surface area contributed by atoms with Crippen molar-refractivity contribution in [2.24, 2.45) is 11.3 Å². The third kappa shape index (κ3) is 3.61. The first-order valence-corrected chi connectivity index (χ1v) is 9.92. The Bertz CT molecular complexity index is 834. The minimum Gasteiger partial charge on any atom is -0.381 e. The van der Waals surface area contributed by atoms with Crippen LogP contribution in [0, 0.1) is 17.2 Å². The van der Waals surface area contributed by atoms with Crippen LogP contribution in [0.15, 0.2) is 41.8 Å². The molecule has 2 fully saturated rings. The highest BCUT2D eigenvalue weighted by molar-refractivity contribution is 7.12. The van der Waals surface area contributed by atoms with Gasteiger partial charge >= 0.3 is 0 Å². The van der Waals surface area contributed by atoms with E-state index in [0.717, 1.165) is 12.8 Å². The van der Waals surface area contributed by atoms with Crippen LogP contribution in [0.2, 0.25) is 0 Å². The van der Waals surface area contributed by atoms with Gasteiger partial charge in [-0.15, -0.1) is 11.3 Å². The number of carbonyl (C=O) groups excluding carboxylic acids is 2. The van der Waals surface area contributed by atoms with Gasteiger partial charge < -0.3 is 15.0 Å². The van der Waals surface area contributed by atoms with E-state index >= 15 is 0 Å². The van der Waals surface area contributed by atoms with Gasteiger partial charge in [0, 0.05) is 37.4 Å². The smallest absolute Gasteiger partial charge is 0.263 e. The minimum atomic E-state index is -0.394. The molecule has 2 aliphatic rings. The number of amides is 2. The fraction of sp³-hybridized carbons (Fsp3) is 0.400. The topological polar surface area (TPSA) is 58.6 Å². The van der Waals surface area contributed by atoms with Crippen molar-refractivity contribution in [3.8, 4) is 0 Å². The van der Waals surface area contributed by atoms with E-state index in [1.165, 1.54) is 23.5 Å². The molecule has 1 spiro atoms. The van der Waals surface area contributed by atoms with Gasteiger partial charge in [0.15, 0.2) is 0 Å². The Hall–Kier alpha value is -2.25. The van der Waals surface area contributed by atoms with Crippen LogP contribution >= 0.6 is 11.3 Å². The van der Waals surface area contributed by atoms with Crippen molar-refractivity contribution in [3.63, 3.8) is 0 Å². The Morgan fingerprint density at radius 1 is 1.22 bits per heavy atom. The SMILES string of the molecule is O=C(Nc1cccc(F)c1)[C@@H]1CN(C(=O)c2cccs2)CC12CCOCC2. The maximum atomic E-state index is 13.4. The zero-order valence-electron chi connectivity index (χ0n) is 14.8.